The molecule has 2 rings (SSSR count). The summed E-state index contributed by atoms with van der Waals surface area (Å²) in [5.41, 5.74) is 0.644. The number of aromatic amines is 1. The van der Waals surface area contributed by atoms with Crippen LogP contribution in [-0.4, -0.2) is 41.3 Å². The lowest BCUT2D eigenvalue weighted by Gasteiger charge is -2.24. The summed E-state index contributed by atoms with van der Waals surface area (Å²) >= 11 is 0. The number of H-pyrrole nitrogens is 1. The van der Waals surface area contributed by atoms with E-state index in [1.54, 1.807) is 4.90 Å². The molecule has 1 aromatic heterocycles. The number of amides is 1. The van der Waals surface area contributed by atoms with Crippen molar-refractivity contribution < 1.29 is 14.3 Å². The maximum absolute atomic E-state index is 12.0. The van der Waals surface area contributed by atoms with E-state index in [1.165, 1.54) is 0 Å². The Kier molecular flexibility index (Phi) is 4.93. The van der Waals surface area contributed by atoms with Gasteiger partial charge in [0.1, 0.15) is 5.60 Å². The number of ether oxygens (including phenoxy) is 2. The van der Waals surface area contributed by atoms with Gasteiger partial charge in [-0.1, -0.05) is 0 Å². The van der Waals surface area contributed by atoms with E-state index in [9.17, 15) is 4.79 Å². The van der Waals surface area contributed by atoms with Gasteiger partial charge in [-0.25, -0.2) is 4.79 Å². The lowest BCUT2D eigenvalue weighted by molar-refractivity contribution is 0.0229. The van der Waals surface area contributed by atoms with Crippen molar-refractivity contribution in [2.75, 3.05) is 19.7 Å². The minimum Gasteiger partial charge on any atom is -0.444 e. The van der Waals surface area contributed by atoms with E-state index in [4.69, 9.17) is 9.47 Å². The van der Waals surface area contributed by atoms with Crippen LogP contribution >= 0.6 is 0 Å². The minimum absolute atomic E-state index is 0.0515. The first-order valence-electron chi connectivity index (χ1n) is 7.58. The van der Waals surface area contributed by atoms with Crippen molar-refractivity contribution in [3.8, 4) is 0 Å². The molecule has 0 spiro atoms. The highest BCUT2D eigenvalue weighted by molar-refractivity contribution is 5.68. The molecule has 0 unspecified atom stereocenters. The van der Waals surface area contributed by atoms with E-state index in [-0.39, 0.29) is 12.2 Å². The highest BCUT2D eigenvalue weighted by Gasteiger charge is 2.30. The number of likely N-dealkylation sites (tertiary alicyclic amines) is 1. The molecule has 1 aliphatic rings. The van der Waals surface area contributed by atoms with E-state index in [1.807, 2.05) is 46.0 Å². The van der Waals surface area contributed by atoms with Gasteiger partial charge in [0, 0.05) is 30.9 Å². The Morgan fingerprint density at radius 2 is 2.29 bits per heavy atom. The molecule has 0 bridgehead atoms. The fourth-order valence-corrected chi connectivity index (χ4v) is 2.43. The second-order valence-corrected chi connectivity index (χ2v) is 6.68. The number of nitrogens with zero attached hydrogens (tertiary/aromatic N) is 1. The van der Waals surface area contributed by atoms with Crippen molar-refractivity contribution in [2.24, 2.45) is 5.92 Å². The molecule has 1 saturated heterocycles. The number of aromatic nitrogens is 1. The van der Waals surface area contributed by atoms with Gasteiger partial charge in [0.25, 0.3) is 0 Å². The summed E-state index contributed by atoms with van der Waals surface area (Å²) in [6.45, 7) is 9.83. The number of hydrogen-bond donors (Lipinski definition) is 1. The number of rotatable bonds is 4. The summed E-state index contributed by atoms with van der Waals surface area (Å²) in [6.07, 6.45) is 2.70. The second-order valence-electron chi connectivity index (χ2n) is 6.68. The first-order chi connectivity index (χ1) is 9.85. The zero-order valence-corrected chi connectivity index (χ0v) is 13.4. The molecule has 1 amide bonds. The Bertz CT molecular complexity index is 451. The topological polar surface area (TPSA) is 54.6 Å². The van der Waals surface area contributed by atoms with Gasteiger partial charge in [-0.3, -0.25) is 0 Å². The largest absolute Gasteiger partial charge is 0.444 e. The first-order valence-corrected chi connectivity index (χ1v) is 7.58. The normalized spacial score (nSPS) is 20.6. The summed E-state index contributed by atoms with van der Waals surface area (Å²) in [4.78, 5) is 16.9. The van der Waals surface area contributed by atoms with Crippen LogP contribution in [-0.2, 0) is 9.47 Å². The van der Waals surface area contributed by atoms with E-state index in [2.05, 4.69) is 4.98 Å². The van der Waals surface area contributed by atoms with Gasteiger partial charge in [-0.15, -0.1) is 0 Å². The highest BCUT2D eigenvalue weighted by Crippen LogP contribution is 2.22. The van der Waals surface area contributed by atoms with Crippen molar-refractivity contribution >= 4 is 6.09 Å². The summed E-state index contributed by atoms with van der Waals surface area (Å²) in [5, 5.41) is 0. The third-order valence-corrected chi connectivity index (χ3v) is 3.58. The number of carbonyl (C=O) groups excluding carboxylic acids is 1. The summed E-state index contributed by atoms with van der Waals surface area (Å²) < 4.78 is 11.3. The lowest BCUT2D eigenvalue weighted by atomic mass is 10.1. The molecule has 0 aromatic carbocycles. The highest BCUT2D eigenvalue weighted by atomic mass is 16.6. The fourth-order valence-electron chi connectivity index (χ4n) is 2.43. The zero-order chi connectivity index (χ0) is 15.5. The smallest absolute Gasteiger partial charge is 0.410 e. The average Bonchev–Trinajstić information content (AvgIpc) is 3.05. The summed E-state index contributed by atoms with van der Waals surface area (Å²) in [5.74, 6) is 0.384. The van der Waals surface area contributed by atoms with Crippen LogP contribution in [0.1, 0.15) is 45.9 Å². The molecule has 0 aliphatic carbocycles. The summed E-state index contributed by atoms with van der Waals surface area (Å²) in [7, 11) is 0. The van der Waals surface area contributed by atoms with E-state index in [0.717, 1.165) is 18.7 Å². The predicted molar refractivity (Wildman–Crippen MR) is 81.1 cm³/mol. The number of hydrogen-bond acceptors (Lipinski definition) is 3. The Balaban J connectivity index is 1.74. The standard InChI is InChI=1S/C16H26N2O3/c1-12(14-6-5-8-17-14)20-11-13-7-9-18(10-13)15(19)21-16(2,3)4/h5-6,8,12-13,17H,7,9-11H2,1-4H3/t12-,13+/m0/s1. The van der Waals surface area contributed by atoms with Crippen LogP contribution in [0.5, 0.6) is 0 Å². The number of nitrogens with one attached hydrogen (secondary N) is 1. The molecule has 5 nitrogen and oxygen atoms in total. The monoisotopic (exact) mass is 294 g/mol. The van der Waals surface area contributed by atoms with E-state index >= 15 is 0 Å². The molecular weight excluding hydrogens is 268 g/mol. The van der Waals surface area contributed by atoms with E-state index in [0.29, 0.717) is 19.1 Å². The Hall–Kier alpha value is -1.49. The molecule has 1 aromatic rings. The van der Waals surface area contributed by atoms with Gasteiger partial charge in [0.15, 0.2) is 0 Å². The van der Waals surface area contributed by atoms with Gasteiger partial charge < -0.3 is 19.4 Å². The molecule has 2 atom stereocenters. The van der Waals surface area contributed by atoms with Gasteiger partial charge in [-0.2, -0.15) is 0 Å². The minimum atomic E-state index is -0.437. The van der Waals surface area contributed by atoms with Gasteiger partial charge in [-0.05, 0) is 46.2 Å². The van der Waals surface area contributed by atoms with Crippen molar-refractivity contribution in [3.63, 3.8) is 0 Å². The van der Waals surface area contributed by atoms with E-state index < -0.39 is 5.60 Å². The van der Waals surface area contributed by atoms with Crippen LogP contribution in [0.2, 0.25) is 0 Å². The van der Waals surface area contributed by atoms with Crippen LogP contribution < -0.4 is 0 Å². The molecule has 0 saturated carbocycles. The Labute approximate surface area is 126 Å². The predicted octanol–water partition coefficient (Wildman–Crippen LogP) is 3.35. The maximum atomic E-state index is 12.0. The Morgan fingerprint density at radius 1 is 1.52 bits per heavy atom. The number of carbonyl (C=O) groups is 1. The second kappa shape index (κ2) is 6.52. The Morgan fingerprint density at radius 3 is 2.90 bits per heavy atom. The fraction of sp³-hybridized carbons (Fsp3) is 0.688. The molecule has 2 heterocycles. The molecule has 1 N–H and O–H groups in total. The van der Waals surface area contributed by atoms with Crippen molar-refractivity contribution in [1.82, 2.24) is 9.88 Å². The van der Waals surface area contributed by atoms with Gasteiger partial charge in [0.2, 0.25) is 0 Å². The maximum Gasteiger partial charge on any atom is 0.410 e. The van der Waals surface area contributed by atoms with Crippen LogP contribution in [0.25, 0.3) is 0 Å². The lowest BCUT2D eigenvalue weighted by Crippen LogP contribution is -2.35. The molecule has 5 heteroatoms. The van der Waals surface area contributed by atoms with Crippen LogP contribution in [0, 0.1) is 5.92 Å². The SMILES string of the molecule is C[C@H](OC[C@@H]1CCN(C(=O)OC(C)(C)C)C1)c1ccc[nH]1. The van der Waals surface area contributed by atoms with Gasteiger partial charge >= 0.3 is 6.09 Å². The average molecular weight is 294 g/mol. The molecule has 1 fully saturated rings. The summed E-state index contributed by atoms with van der Waals surface area (Å²) in [6, 6.07) is 3.99. The van der Waals surface area contributed by atoms with Crippen LogP contribution in [0.15, 0.2) is 18.3 Å². The molecule has 118 valence electrons. The van der Waals surface area contributed by atoms with Crippen molar-refractivity contribution in [1.29, 1.82) is 0 Å². The first kappa shape index (κ1) is 15.9. The molecule has 1 aliphatic heterocycles. The van der Waals surface area contributed by atoms with Crippen LogP contribution in [0.4, 0.5) is 4.79 Å². The molecular formula is C16H26N2O3. The molecule has 0 radical (unpaired) electrons. The third kappa shape index (κ3) is 4.77. The van der Waals surface area contributed by atoms with Crippen molar-refractivity contribution in [3.05, 3.63) is 24.0 Å². The zero-order valence-electron chi connectivity index (χ0n) is 13.4. The van der Waals surface area contributed by atoms with Crippen LogP contribution in [0.3, 0.4) is 0 Å². The van der Waals surface area contributed by atoms with Crippen molar-refractivity contribution in [2.45, 2.75) is 45.8 Å². The quantitative estimate of drug-likeness (QED) is 0.926. The van der Waals surface area contributed by atoms with Gasteiger partial charge in [0.05, 0.1) is 12.7 Å². The third-order valence-electron chi connectivity index (χ3n) is 3.58. The molecule has 21 heavy (non-hydrogen) atoms.